The number of hydrogen-bond acceptors (Lipinski definition) is 6. The molecule has 2 aromatic rings. The first-order valence-electron chi connectivity index (χ1n) is 11.3. The molecule has 1 atom stereocenters. The van der Waals surface area contributed by atoms with E-state index in [9.17, 15) is 13.2 Å². The largest absolute Gasteiger partial charge is 0.492 e. The van der Waals surface area contributed by atoms with Gasteiger partial charge in [-0.2, -0.15) is 4.31 Å². The first-order chi connectivity index (χ1) is 15.9. The number of rotatable bonds is 11. The summed E-state index contributed by atoms with van der Waals surface area (Å²) in [5, 5.41) is 2.77. The average Bonchev–Trinajstić information content (AvgIpc) is 3.33. The Morgan fingerprint density at radius 3 is 2.42 bits per heavy atom. The van der Waals surface area contributed by atoms with E-state index in [1.54, 1.807) is 57.2 Å². The van der Waals surface area contributed by atoms with Crippen molar-refractivity contribution in [2.24, 2.45) is 0 Å². The van der Waals surface area contributed by atoms with Crippen molar-refractivity contribution in [1.29, 1.82) is 0 Å². The van der Waals surface area contributed by atoms with Crippen molar-refractivity contribution in [1.82, 2.24) is 4.31 Å². The van der Waals surface area contributed by atoms with Gasteiger partial charge in [-0.3, -0.25) is 4.79 Å². The molecule has 1 aliphatic rings. The van der Waals surface area contributed by atoms with Crippen LogP contribution in [0.4, 0.5) is 5.69 Å². The molecule has 2 aromatic carbocycles. The number of hydrogen-bond donors (Lipinski definition) is 1. The highest BCUT2D eigenvalue weighted by atomic mass is 32.2. The molecule has 0 spiro atoms. The van der Waals surface area contributed by atoms with E-state index < -0.39 is 10.0 Å². The fourth-order valence-electron chi connectivity index (χ4n) is 3.64. The zero-order chi connectivity index (χ0) is 23.8. The van der Waals surface area contributed by atoms with Crippen LogP contribution in [0.3, 0.4) is 0 Å². The molecule has 33 heavy (non-hydrogen) atoms. The first-order valence-corrected chi connectivity index (χ1v) is 12.8. The molecule has 0 aromatic heterocycles. The summed E-state index contributed by atoms with van der Waals surface area (Å²) in [4.78, 5) is 12.8. The molecule has 1 amide bonds. The molecule has 1 N–H and O–H groups in total. The number of ether oxygens (including phenoxy) is 3. The van der Waals surface area contributed by atoms with Crippen molar-refractivity contribution in [3.63, 3.8) is 0 Å². The minimum absolute atomic E-state index is 0.0312. The Kier molecular flexibility index (Phi) is 8.71. The quantitative estimate of drug-likeness (QED) is 0.528. The van der Waals surface area contributed by atoms with Gasteiger partial charge < -0.3 is 19.5 Å². The number of carbonyl (C=O) groups excluding carboxylic acids is 1. The van der Waals surface area contributed by atoms with E-state index in [1.807, 2.05) is 0 Å². The summed E-state index contributed by atoms with van der Waals surface area (Å²) in [6, 6.07) is 11.4. The van der Waals surface area contributed by atoms with Crippen molar-refractivity contribution < 1.29 is 27.4 Å². The van der Waals surface area contributed by atoms with E-state index in [0.717, 1.165) is 19.4 Å². The fourth-order valence-corrected chi connectivity index (χ4v) is 5.25. The molecule has 3 rings (SSSR count). The Balaban J connectivity index is 1.73. The van der Waals surface area contributed by atoms with E-state index >= 15 is 0 Å². The zero-order valence-corrected chi connectivity index (χ0v) is 20.2. The summed E-state index contributed by atoms with van der Waals surface area (Å²) < 4.78 is 44.4. The summed E-state index contributed by atoms with van der Waals surface area (Å²) in [5.41, 5.74) is 0.800. The van der Waals surface area contributed by atoms with Gasteiger partial charge >= 0.3 is 0 Å². The Labute approximate surface area is 195 Å². The van der Waals surface area contributed by atoms with Gasteiger partial charge in [0.2, 0.25) is 10.0 Å². The van der Waals surface area contributed by atoms with E-state index in [0.29, 0.717) is 43.3 Å². The highest BCUT2D eigenvalue weighted by Crippen LogP contribution is 2.30. The lowest BCUT2D eigenvalue weighted by molar-refractivity contribution is 0.0679. The van der Waals surface area contributed by atoms with Crippen LogP contribution < -0.4 is 14.8 Å². The summed E-state index contributed by atoms with van der Waals surface area (Å²) in [7, 11) is -3.77. The maximum absolute atomic E-state index is 13.1. The van der Waals surface area contributed by atoms with Gasteiger partial charge in [0.25, 0.3) is 5.91 Å². The van der Waals surface area contributed by atoms with Crippen LogP contribution in [0.15, 0.2) is 47.4 Å². The molecule has 1 fully saturated rings. The van der Waals surface area contributed by atoms with Crippen LogP contribution in [0.2, 0.25) is 0 Å². The maximum Gasteiger partial charge on any atom is 0.255 e. The molecule has 0 bridgehead atoms. The Hall–Kier alpha value is -2.62. The molecule has 1 heterocycles. The van der Waals surface area contributed by atoms with Crippen LogP contribution in [0.1, 0.15) is 44.0 Å². The van der Waals surface area contributed by atoms with Gasteiger partial charge in [0.1, 0.15) is 23.0 Å². The number of sulfonamides is 1. The number of anilines is 1. The minimum Gasteiger partial charge on any atom is -0.492 e. The van der Waals surface area contributed by atoms with Crippen LogP contribution in [0, 0.1) is 0 Å². The molecule has 0 saturated carbocycles. The highest BCUT2D eigenvalue weighted by molar-refractivity contribution is 7.89. The second kappa shape index (κ2) is 11.5. The van der Waals surface area contributed by atoms with Gasteiger partial charge in [0.15, 0.2) is 0 Å². The SMILES string of the molecule is CCOc1ccc(NC(=O)c2ccc(OCC3CCCO3)cc2)cc1S(=O)(=O)N(CC)CC. The number of amides is 1. The lowest BCUT2D eigenvalue weighted by atomic mass is 10.2. The van der Waals surface area contributed by atoms with E-state index in [2.05, 4.69) is 5.32 Å². The fraction of sp³-hybridized carbons (Fsp3) is 0.458. The Bertz CT molecular complexity index is 1030. The normalized spacial score (nSPS) is 16.1. The summed E-state index contributed by atoms with van der Waals surface area (Å²) >= 11 is 0. The van der Waals surface area contributed by atoms with Crippen molar-refractivity contribution in [3.05, 3.63) is 48.0 Å². The van der Waals surface area contributed by atoms with Gasteiger partial charge in [0.05, 0.1) is 12.7 Å². The monoisotopic (exact) mass is 476 g/mol. The summed E-state index contributed by atoms with van der Waals surface area (Å²) in [5.74, 6) is 0.571. The van der Waals surface area contributed by atoms with E-state index in [4.69, 9.17) is 14.2 Å². The average molecular weight is 477 g/mol. The predicted molar refractivity (Wildman–Crippen MR) is 127 cm³/mol. The molecule has 9 heteroatoms. The minimum atomic E-state index is -3.77. The summed E-state index contributed by atoms with van der Waals surface area (Å²) in [6.07, 6.45) is 2.17. The molecular weight excluding hydrogens is 444 g/mol. The second-order valence-corrected chi connectivity index (χ2v) is 9.51. The van der Waals surface area contributed by atoms with Gasteiger partial charge in [0, 0.05) is 30.9 Å². The smallest absolute Gasteiger partial charge is 0.255 e. The van der Waals surface area contributed by atoms with Crippen LogP contribution in [-0.4, -0.2) is 57.6 Å². The molecule has 0 aliphatic carbocycles. The number of nitrogens with one attached hydrogen (secondary N) is 1. The Morgan fingerprint density at radius 1 is 1.09 bits per heavy atom. The molecule has 1 aliphatic heterocycles. The molecule has 1 unspecified atom stereocenters. The second-order valence-electron chi connectivity index (χ2n) is 7.61. The standard InChI is InChI=1S/C24H32N2O6S/c1-4-26(5-2)33(28,29)23-16-19(11-14-22(23)30-6-3)25-24(27)18-9-12-20(13-10-18)32-17-21-8-7-15-31-21/h9-14,16,21H,4-8,15,17H2,1-3H3,(H,25,27). The van der Waals surface area contributed by atoms with Crippen LogP contribution in [0.5, 0.6) is 11.5 Å². The number of carbonyl (C=O) groups is 1. The Morgan fingerprint density at radius 2 is 1.82 bits per heavy atom. The van der Waals surface area contributed by atoms with Crippen LogP contribution in [0.25, 0.3) is 0 Å². The van der Waals surface area contributed by atoms with Crippen molar-refractivity contribution in [3.8, 4) is 11.5 Å². The number of benzene rings is 2. The molecule has 180 valence electrons. The highest BCUT2D eigenvalue weighted by Gasteiger charge is 2.26. The lowest BCUT2D eigenvalue weighted by Crippen LogP contribution is -2.31. The van der Waals surface area contributed by atoms with Gasteiger partial charge in [-0.15, -0.1) is 0 Å². The van der Waals surface area contributed by atoms with Crippen molar-refractivity contribution in [2.45, 2.75) is 44.6 Å². The molecule has 8 nitrogen and oxygen atoms in total. The van der Waals surface area contributed by atoms with Gasteiger partial charge in [-0.1, -0.05) is 13.8 Å². The third-order valence-corrected chi connectivity index (χ3v) is 7.47. The molecule has 1 saturated heterocycles. The van der Waals surface area contributed by atoms with Crippen LogP contribution >= 0.6 is 0 Å². The molecule has 0 radical (unpaired) electrons. The van der Waals surface area contributed by atoms with Crippen molar-refractivity contribution in [2.75, 3.05) is 38.2 Å². The van der Waals surface area contributed by atoms with Crippen molar-refractivity contribution >= 4 is 21.6 Å². The first kappa shape index (κ1) is 25.0. The van der Waals surface area contributed by atoms with E-state index in [1.165, 1.54) is 10.4 Å². The van der Waals surface area contributed by atoms with Gasteiger partial charge in [-0.25, -0.2) is 8.42 Å². The third-order valence-electron chi connectivity index (χ3n) is 5.40. The van der Waals surface area contributed by atoms with Gasteiger partial charge in [-0.05, 0) is 62.2 Å². The topological polar surface area (TPSA) is 94.2 Å². The number of nitrogens with zero attached hydrogens (tertiary/aromatic N) is 1. The summed E-state index contributed by atoms with van der Waals surface area (Å²) in [6.45, 7) is 7.61. The third kappa shape index (κ3) is 6.25. The van der Waals surface area contributed by atoms with Crippen LogP contribution in [-0.2, 0) is 14.8 Å². The lowest BCUT2D eigenvalue weighted by Gasteiger charge is -2.21. The molecular formula is C24H32N2O6S. The zero-order valence-electron chi connectivity index (χ0n) is 19.4. The van der Waals surface area contributed by atoms with E-state index in [-0.39, 0.29) is 22.7 Å². The predicted octanol–water partition coefficient (Wildman–Crippen LogP) is 3.93. The maximum atomic E-state index is 13.1.